The molecule has 1 nitrogen and oxygen atoms in total. The van der Waals surface area contributed by atoms with Gasteiger partial charge in [-0.05, 0) is 91.5 Å². The average Bonchev–Trinajstić information content (AvgIpc) is 2.83. The minimum absolute atomic E-state index is 0.748. The lowest BCUT2D eigenvalue weighted by Gasteiger charge is -2.29. The normalized spacial score (nSPS) is 18.8. The Hall–Kier alpha value is -2.02. The predicted octanol–water partition coefficient (Wildman–Crippen LogP) is 9.15. The molecule has 0 atom stereocenters. The topological polar surface area (TPSA) is 9.23 Å². The fourth-order valence-corrected chi connectivity index (χ4v) is 5.25. The molecule has 1 fully saturated rings. The number of hydrogen-bond donors (Lipinski definition) is 0. The van der Waals surface area contributed by atoms with E-state index < -0.39 is 0 Å². The van der Waals surface area contributed by atoms with E-state index in [1.54, 1.807) is 12.7 Å². The standard InChI is InChI=1S/C31H44O/c1-4-6-7-11-25-14-16-26(17-15-25)12-8-9-13-27-18-20-28(21-19-27)29-22-23-31(32-3)30(24-29)10-5-2/h7,11,14-17,22-24,27-28H,4-6,8-10,12-13,18-21H2,1-3H3. The van der Waals surface area contributed by atoms with Gasteiger partial charge in [0.25, 0.3) is 0 Å². The zero-order valence-electron chi connectivity index (χ0n) is 20.7. The fraction of sp³-hybridized carbons (Fsp3) is 0.548. The molecule has 0 amide bonds. The van der Waals surface area contributed by atoms with Crippen molar-refractivity contribution in [1.29, 1.82) is 0 Å². The summed E-state index contributed by atoms with van der Waals surface area (Å²) in [5.74, 6) is 2.75. The van der Waals surface area contributed by atoms with Gasteiger partial charge in [-0.1, -0.05) is 88.1 Å². The van der Waals surface area contributed by atoms with Crippen molar-refractivity contribution in [1.82, 2.24) is 0 Å². The molecule has 32 heavy (non-hydrogen) atoms. The van der Waals surface area contributed by atoms with Gasteiger partial charge in [-0.2, -0.15) is 0 Å². The Labute approximate surface area is 197 Å². The van der Waals surface area contributed by atoms with Crippen molar-refractivity contribution in [3.8, 4) is 5.75 Å². The Bertz CT molecular complexity index is 809. The van der Waals surface area contributed by atoms with Crippen LogP contribution in [0.2, 0.25) is 0 Å². The summed E-state index contributed by atoms with van der Waals surface area (Å²) in [4.78, 5) is 0. The van der Waals surface area contributed by atoms with Gasteiger partial charge >= 0.3 is 0 Å². The lowest BCUT2D eigenvalue weighted by atomic mass is 9.76. The van der Waals surface area contributed by atoms with E-state index in [0.717, 1.165) is 24.0 Å². The Morgan fingerprint density at radius 1 is 0.875 bits per heavy atom. The minimum atomic E-state index is 0.748. The van der Waals surface area contributed by atoms with Crippen LogP contribution in [-0.2, 0) is 12.8 Å². The van der Waals surface area contributed by atoms with Gasteiger partial charge in [-0.15, -0.1) is 0 Å². The summed E-state index contributed by atoms with van der Waals surface area (Å²) in [6.45, 7) is 4.47. The van der Waals surface area contributed by atoms with Crippen LogP contribution in [0.15, 0.2) is 48.5 Å². The van der Waals surface area contributed by atoms with Crippen LogP contribution in [0.4, 0.5) is 0 Å². The summed E-state index contributed by atoms with van der Waals surface area (Å²) >= 11 is 0. The van der Waals surface area contributed by atoms with E-state index in [1.807, 2.05) is 0 Å². The lowest BCUT2D eigenvalue weighted by molar-refractivity contribution is 0.303. The van der Waals surface area contributed by atoms with E-state index in [0.29, 0.717) is 0 Å². The zero-order valence-corrected chi connectivity index (χ0v) is 20.7. The van der Waals surface area contributed by atoms with Crippen molar-refractivity contribution in [2.75, 3.05) is 7.11 Å². The van der Waals surface area contributed by atoms with Gasteiger partial charge in [0.2, 0.25) is 0 Å². The van der Waals surface area contributed by atoms with Crippen LogP contribution in [0.25, 0.3) is 6.08 Å². The Balaban J connectivity index is 1.37. The van der Waals surface area contributed by atoms with Crippen LogP contribution >= 0.6 is 0 Å². The number of hydrogen-bond acceptors (Lipinski definition) is 1. The van der Waals surface area contributed by atoms with Crippen LogP contribution in [0.3, 0.4) is 0 Å². The molecule has 1 aliphatic carbocycles. The van der Waals surface area contributed by atoms with Crippen molar-refractivity contribution in [3.05, 3.63) is 70.8 Å². The second-order valence-electron chi connectivity index (χ2n) is 9.72. The van der Waals surface area contributed by atoms with Crippen molar-refractivity contribution in [2.24, 2.45) is 5.92 Å². The molecule has 3 rings (SSSR count). The van der Waals surface area contributed by atoms with Crippen LogP contribution < -0.4 is 4.74 Å². The first-order chi connectivity index (χ1) is 15.7. The number of unbranched alkanes of at least 4 members (excludes halogenated alkanes) is 2. The summed E-state index contributed by atoms with van der Waals surface area (Å²) in [6.07, 6.45) is 20.1. The smallest absolute Gasteiger partial charge is 0.122 e. The minimum Gasteiger partial charge on any atom is -0.496 e. The van der Waals surface area contributed by atoms with Crippen LogP contribution in [0, 0.1) is 5.92 Å². The van der Waals surface area contributed by atoms with Crippen molar-refractivity contribution >= 4 is 6.08 Å². The van der Waals surface area contributed by atoms with Gasteiger partial charge in [0, 0.05) is 0 Å². The van der Waals surface area contributed by atoms with E-state index in [4.69, 9.17) is 4.74 Å². The fourth-order valence-electron chi connectivity index (χ4n) is 5.25. The van der Waals surface area contributed by atoms with Gasteiger partial charge in [-0.25, -0.2) is 0 Å². The molecule has 1 saturated carbocycles. The first kappa shape index (κ1) is 24.6. The molecule has 2 aromatic carbocycles. The van der Waals surface area contributed by atoms with Crippen LogP contribution in [-0.4, -0.2) is 7.11 Å². The first-order valence-corrected chi connectivity index (χ1v) is 13.2. The third-order valence-corrected chi connectivity index (χ3v) is 7.22. The molecular formula is C31H44O. The lowest BCUT2D eigenvalue weighted by Crippen LogP contribution is -2.13. The highest BCUT2D eigenvalue weighted by Gasteiger charge is 2.22. The molecule has 0 bridgehead atoms. The maximum absolute atomic E-state index is 5.57. The second kappa shape index (κ2) is 13.5. The van der Waals surface area contributed by atoms with E-state index in [-0.39, 0.29) is 0 Å². The first-order valence-electron chi connectivity index (χ1n) is 13.2. The maximum Gasteiger partial charge on any atom is 0.122 e. The summed E-state index contributed by atoms with van der Waals surface area (Å²) in [6, 6.07) is 16.1. The van der Waals surface area contributed by atoms with Crippen molar-refractivity contribution in [3.63, 3.8) is 0 Å². The van der Waals surface area contributed by atoms with Gasteiger partial charge in [-0.3, -0.25) is 0 Å². The molecule has 0 saturated heterocycles. The molecule has 0 aliphatic heterocycles. The van der Waals surface area contributed by atoms with Crippen LogP contribution in [0.1, 0.15) is 106 Å². The van der Waals surface area contributed by atoms with Crippen LogP contribution in [0.5, 0.6) is 5.75 Å². The molecule has 1 heteroatoms. The highest BCUT2D eigenvalue weighted by atomic mass is 16.5. The van der Waals surface area contributed by atoms with Gasteiger partial charge in [0.05, 0.1) is 7.11 Å². The zero-order chi connectivity index (χ0) is 22.6. The molecule has 0 radical (unpaired) electrons. The van der Waals surface area contributed by atoms with E-state index >= 15 is 0 Å². The summed E-state index contributed by atoms with van der Waals surface area (Å²) in [5.41, 5.74) is 5.75. The SMILES string of the molecule is CCCC=Cc1ccc(CCCCC2CCC(c3ccc(OC)c(CCC)c3)CC2)cc1. The number of benzene rings is 2. The third-order valence-electron chi connectivity index (χ3n) is 7.22. The highest BCUT2D eigenvalue weighted by molar-refractivity contribution is 5.49. The largest absolute Gasteiger partial charge is 0.496 e. The Morgan fingerprint density at radius 3 is 2.34 bits per heavy atom. The quantitative estimate of drug-likeness (QED) is 0.304. The molecule has 0 N–H and O–H groups in total. The molecule has 174 valence electrons. The van der Waals surface area contributed by atoms with Crippen molar-refractivity contribution < 1.29 is 4.74 Å². The van der Waals surface area contributed by atoms with E-state index in [9.17, 15) is 0 Å². The molecule has 2 aromatic rings. The number of allylic oxidation sites excluding steroid dienone is 1. The summed E-state index contributed by atoms with van der Waals surface area (Å²) < 4.78 is 5.57. The van der Waals surface area contributed by atoms with Gasteiger partial charge in [0.1, 0.15) is 5.75 Å². The Morgan fingerprint density at radius 2 is 1.66 bits per heavy atom. The Kier molecular flexibility index (Phi) is 10.4. The summed E-state index contributed by atoms with van der Waals surface area (Å²) in [7, 11) is 1.79. The molecular weight excluding hydrogens is 388 g/mol. The summed E-state index contributed by atoms with van der Waals surface area (Å²) in [5, 5.41) is 0. The molecule has 0 heterocycles. The van der Waals surface area contributed by atoms with Crippen molar-refractivity contribution in [2.45, 2.75) is 96.8 Å². The molecule has 0 unspecified atom stereocenters. The van der Waals surface area contributed by atoms with Gasteiger partial charge < -0.3 is 4.74 Å². The van der Waals surface area contributed by atoms with Gasteiger partial charge in [0.15, 0.2) is 0 Å². The number of methoxy groups -OCH3 is 1. The highest BCUT2D eigenvalue weighted by Crippen LogP contribution is 2.39. The van der Waals surface area contributed by atoms with E-state index in [2.05, 4.69) is 68.5 Å². The maximum atomic E-state index is 5.57. The molecule has 0 spiro atoms. The number of rotatable bonds is 12. The molecule has 0 aromatic heterocycles. The molecule has 1 aliphatic rings. The predicted molar refractivity (Wildman–Crippen MR) is 140 cm³/mol. The second-order valence-corrected chi connectivity index (χ2v) is 9.72. The third kappa shape index (κ3) is 7.54. The average molecular weight is 433 g/mol. The van der Waals surface area contributed by atoms with E-state index in [1.165, 1.54) is 87.3 Å². The monoisotopic (exact) mass is 432 g/mol. The number of ether oxygens (including phenoxy) is 1. The number of aryl methyl sites for hydroxylation is 2.